The van der Waals surface area contributed by atoms with Gasteiger partial charge in [-0.25, -0.2) is 0 Å². The minimum Gasteiger partial charge on any atom is -0.497 e. The molecule has 0 saturated heterocycles. The molecule has 6 heteroatoms. The van der Waals surface area contributed by atoms with Crippen LogP contribution in [0.25, 0.3) is 0 Å². The summed E-state index contributed by atoms with van der Waals surface area (Å²) in [5.41, 5.74) is 1.54. The van der Waals surface area contributed by atoms with Crippen LogP contribution in [0.2, 0.25) is 0 Å². The first-order valence-corrected chi connectivity index (χ1v) is 7.31. The topological polar surface area (TPSA) is 67.9 Å². The second-order valence-corrected chi connectivity index (χ2v) is 5.30. The molecule has 6 nitrogen and oxygen atoms in total. The molecule has 0 bridgehead atoms. The molecule has 0 heterocycles. The van der Waals surface area contributed by atoms with Crippen LogP contribution in [0.15, 0.2) is 42.5 Å². The van der Waals surface area contributed by atoms with Crippen molar-refractivity contribution >= 4 is 17.5 Å². The summed E-state index contributed by atoms with van der Waals surface area (Å²) in [5.74, 6) is 0.632. The number of methoxy groups -OCH3 is 2. The maximum Gasteiger partial charge on any atom is 0.259 e. The summed E-state index contributed by atoms with van der Waals surface area (Å²) in [4.78, 5) is 25.8. The molecule has 0 aliphatic carbocycles. The van der Waals surface area contributed by atoms with Gasteiger partial charge in [0.1, 0.15) is 11.5 Å². The fraction of sp³-hybridized carbons (Fsp3) is 0.222. The van der Waals surface area contributed by atoms with Crippen molar-refractivity contribution in [3.8, 4) is 11.5 Å². The van der Waals surface area contributed by atoms with Gasteiger partial charge < -0.3 is 19.7 Å². The van der Waals surface area contributed by atoms with Crippen molar-refractivity contribution in [1.82, 2.24) is 4.90 Å². The second kappa shape index (κ2) is 7.50. The maximum atomic E-state index is 12.4. The lowest BCUT2D eigenvalue weighted by Crippen LogP contribution is -2.21. The van der Waals surface area contributed by atoms with E-state index in [1.165, 1.54) is 12.0 Å². The van der Waals surface area contributed by atoms with Gasteiger partial charge in [0.05, 0.1) is 19.8 Å². The SMILES string of the molecule is COc1ccc(C(=O)Nc2ccc(C(=O)N(C)C)cc2)c(OC)c1. The van der Waals surface area contributed by atoms with Gasteiger partial charge in [-0.05, 0) is 36.4 Å². The van der Waals surface area contributed by atoms with E-state index in [2.05, 4.69) is 5.32 Å². The second-order valence-electron chi connectivity index (χ2n) is 5.30. The Morgan fingerprint density at radius 3 is 2.17 bits per heavy atom. The van der Waals surface area contributed by atoms with Gasteiger partial charge in [-0.15, -0.1) is 0 Å². The molecule has 0 unspecified atom stereocenters. The van der Waals surface area contributed by atoms with Crippen LogP contribution in [0.1, 0.15) is 20.7 Å². The van der Waals surface area contributed by atoms with Crippen LogP contribution < -0.4 is 14.8 Å². The van der Waals surface area contributed by atoms with E-state index in [1.807, 2.05) is 0 Å². The molecule has 126 valence electrons. The van der Waals surface area contributed by atoms with Gasteiger partial charge in [0.25, 0.3) is 11.8 Å². The zero-order chi connectivity index (χ0) is 17.7. The molecule has 0 spiro atoms. The molecular formula is C18H20N2O4. The quantitative estimate of drug-likeness (QED) is 0.916. The Labute approximate surface area is 141 Å². The lowest BCUT2D eigenvalue weighted by atomic mass is 10.1. The van der Waals surface area contributed by atoms with Crippen molar-refractivity contribution in [2.45, 2.75) is 0 Å². The summed E-state index contributed by atoms with van der Waals surface area (Å²) in [5, 5.41) is 2.78. The molecular weight excluding hydrogens is 308 g/mol. The molecule has 2 rings (SSSR count). The molecule has 0 saturated carbocycles. The monoisotopic (exact) mass is 328 g/mol. The van der Waals surface area contributed by atoms with E-state index in [0.717, 1.165) is 0 Å². The lowest BCUT2D eigenvalue weighted by molar-refractivity contribution is 0.0827. The number of anilines is 1. The number of amides is 2. The zero-order valence-corrected chi connectivity index (χ0v) is 14.1. The fourth-order valence-corrected chi connectivity index (χ4v) is 2.14. The van der Waals surface area contributed by atoms with Crippen molar-refractivity contribution in [2.75, 3.05) is 33.6 Å². The Balaban J connectivity index is 2.16. The van der Waals surface area contributed by atoms with Gasteiger partial charge in [0, 0.05) is 31.4 Å². The Bertz CT molecular complexity index is 739. The van der Waals surface area contributed by atoms with Crippen LogP contribution in [0, 0.1) is 0 Å². The van der Waals surface area contributed by atoms with Gasteiger partial charge in [-0.3, -0.25) is 9.59 Å². The first-order chi connectivity index (χ1) is 11.5. The molecule has 2 amide bonds. The average molecular weight is 328 g/mol. The van der Waals surface area contributed by atoms with Crippen LogP contribution in [-0.4, -0.2) is 45.0 Å². The Kier molecular flexibility index (Phi) is 5.42. The molecule has 0 radical (unpaired) electrons. The summed E-state index contributed by atoms with van der Waals surface area (Å²) < 4.78 is 10.3. The third-order valence-corrected chi connectivity index (χ3v) is 3.45. The van der Waals surface area contributed by atoms with Gasteiger partial charge in [-0.1, -0.05) is 0 Å². The average Bonchev–Trinajstić information content (AvgIpc) is 2.60. The number of carbonyl (C=O) groups excluding carboxylic acids is 2. The van der Waals surface area contributed by atoms with Crippen molar-refractivity contribution in [3.05, 3.63) is 53.6 Å². The van der Waals surface area contributed by atoms with E-state index in [1.54, 1.807) is 63.7 Å². The summed E-state index contributed by atoms with van der Waals surface area (Å²) in [6, 6.07) is 11.7. The number of rotatable bonds is 5. The van der Waals surface area contributed by atoms with E-state index in [9.17, 15) is 9.59 Å². The van der Waals surface area contributed by atoms with Crippen molar-refractivity contribution in [2.24, 2.45) is 0 Å². The van der Waals surface area contributed by atoms with Crippen molar-refractivity contribution in [1.29, 1.82) is 0 Å². The van der Waals surface area contributed by atoms with Crippen LogP contribution in [0.4, 0.5) is 5.69 Å². The molecule has 1 N–H and O–H groups in total. The highest BCUT2D eigenvalue weighted by Gasteiger charge is 2.14. The van der Waals surface area contributed by atoms with E-state index < -0.39 is 0 Å². The Morgan fingerprint density at radius 2 is 1.62 bits per heavy atom. The minimum atomic E-state index is -0.304. The van der Waals surface area contributed by atoms with Gasteiger partial charge >= 0.3 is 0 Å². The third-order valence-electron chi connectivity index (χ3n) is 3.45. The first kappa shape index (κ1) is 17.3. The summed E-state index contributed by atoms with van der Waals surface area (Å²) >= 11 is 0. The zero-order valence-electron chi connectivity index (χ0n) is 14.1. The summed E-state index contributed by atoms with van der Waals surface area (Å²) in [6.07, 6.45) is 0. The largest absolute Gasteiger partial charge is 0.497 e. The predicted molar refractivity (Wildman–Crippen MR) is 92.0 cm³/mol. The Morgan fingerprint density at radius 1 is 0.958 bits per heavy atom. The molecule has 24 heavy (non-hydrogen) atoms. The Hall–Kier alpha value is -3.02. The predicted octanol–water partition coefficient (Wildman–Crippen LogP) is 2.66. The van der Waals surface area contributed by atoms with Crippen molar-refractivity contribution < 1.29 is 19.1 Å². The van der Waals surface area contributed by atoms with E-state index in [-0.39, 0.29) is 11.8 Å². The number of hydrogen-bond acceptors (Lipinski definition) is 4. The molecule has 0 aliphatic rings. The minimum absolute atomic E-state index is 0.0929. The van der Waals surface area contributed by atoms with Crippen LogP contribution in [0.5, 0.6) is 11.5 Å². The molecule has 2 aromatic carbocycles. The summed E-state index contributed by atoms with van der Waals surface area (Å²) in [6.45, 7) is 0. The van der Waals surface area contributed by atoms with Crippen LogP contribution in [-0.2, 0) is 0 Å². The number of nitrogens with one attached hydrogen (secondary N) is 1. The van der Waals surface area contributed by atoms with Crippen LogP contribution in [0.3, 0.4) is 0 Å². The highest BCUT2D eigenvalue weighted by atomic mass is 16.5. The van der Waals surface area contributed by atoms with Gasteiger partial charge in [-0.2, -0.15) is 0 Å². The fourth-order valence-electron chi connectivity index (χ4n) is 2.14. The molecule has 2 aromatic rings. The molecule has 0 aromatic heterocycles. The molecule has 0 atom stereocenters. The van der Waals surface area contributed by atoms with E-state index >= 15 is 0 Å². The normalized spacial score (nSPS) is 10.0. The summed E-state index contributed by atoms with van der Waals surface area (Å²) in [7, 11) is 6.42. The lowest BCUT2D eigenvalue weighted by Gasteiger charge is -2.12. The number of ether oxygens (including phenoxy) is 2. The number of nitrogens with zero attached hydrogens (tertiary/aromatic N) is 1. The van der Waals surface area contributed by atoms with Crippen molar-refractivity contribution in [3.63, 3.8) is 0 Å². The van der Waals surface area contributed by atoms with Gasteiger partial charge in [0.2, 0.25) is 0 Å². The maximum absolute atomic E-state index is 12.4. The highest BCUT2D eigenvalue weighted by Crippen LogP contribution is 2.25. The molecule has 0 fully saturated rings. The highest BCUT2D eigenvalue weighted by molar-refractivity contribution is 6.06. The molecule has 0 aliphatic heterocycles. The van der Waals surface area contributed by atoms with Gasteiger partial charge in [0.15, 0.2) is 0 Å². The number of benzene rings is 2. The first-order valence-electron chi connectivity index (χ1n) is 7.31. The standard InChI is InChI=1S/C18H20N2O4/c1-20(2)18(22)12-5-7-13(8-6-12)19-17(21)15-10-9-14(23-3)11-16(15)24-4/h5-11H,1-4H3,(H,19,21). The third kappa shape index (κ3) is 3.84. The van der Waals surface area contributed by atoms with E-state index in [0.29, 0.717) is 28.3 Å². The van der Waals surface area contributed by atoms with Crippen LogP contribution >= 0.6 is 0 Å². The smallest absolute Gasteiger partial charge is 0.259 e. The number of hydrogen-bond donors (Lipinski definition) is 1. The van der Waals surface area contributed by atoms with E-state index in [4.69, 9.17) is 9.47 Å². The number of carbonyl (C=O) groups is 2.